The summed E-state index contributed by atoms with van der Waals surface area (Å²) in [5.41, 5.74) is 2.12. The maximum Gasteiger partial charge on any atom is 0.266 e. The van der Waals surface area contributed by atoms with E-state index in [4.69, 9.17) is 14.2 Å². The van der Waals surface area contributed by atoms with Gasteiger partial charge in [0.05, 0.1) is 7.11 Å². The fourth-order valence-electron chi connectivity index (χ4n) is 1.39. The van der Waals surface area contributed by atoms with E-state index in [2.05, 4.69) is 0 Å². The maximum atomic E-state index is 5.26. The first-order valence-corrected chi connectivity index (χ1v) is 4.42. The topological polar surface area (TPSA) is 27.7 Å². The summed E-state index contributed by atoms with van der Waals surface area (Å²) in [4.78, 5) is 0. The van der Waals surface area contributed by atoms with Crippen molar-refractivity contribution in [2.24, 2.45) is 0 Å². The molecule has 1 aliphatic heterocycles. The van der Waals surface area contributed by atoms with E-state index in [1.54, 1.807) is 19.6 Å². The lowest BCUT2D eigenvalue weighted by molar-refractivity contribution is -0.0251. The lowest BCUT2D eigenvalue weighted by Crippen LogP contribution is -2.01. The Bertz CT molecular complexity index is 350. The molecule has 0 atom stereocenters. The van der Waals surface area contributed by atoms with Crippen molar-refractivity contribution >= 4 is 0 Å². The summed E-state index contributed by atoms with van der Waals surface area (Å²) in [6.07, 6.45) is 2.76. The maximum absolute atomic E-state index is 5.26. The van der Waals surface area contributed by atoms with Crippen molar-refractivity contribution in [3.05, 3.63) is 41.9 Å². The molecule has 3 heteroatoms. The van der Waals surface area contributed by atoms with Crippen LogP contribution in [0.4, 0.5) is 0 Å². The average molecular weight is 192 g/mol. The van der Waals surface area contributed by atoms with Gasteiger partial charge in [0.1, 0.15) is 18.3 Å². The highest BCUT2D eigenvalue weighted by atomic mass is 16.7. The summed E-state index contributed by atoms with van der Waals surface area (Å²) in [6, 6.07) is 5.83. The Labute approximate surface area is 82.9 Å². The van der Waals surface area contributed by atoms with Crippen LogP contribution in [-0.4, -0.2) is 7.11 Å². The van der Waals surface area contributed by atoms with Crippen molar-refractivity contribution < 1.29 is 14.2 Å². The molecule has 0 aliphatic carbocycles. The van der Waals surface area contributed by atoms with Crippen molar-refractivity contribution in [3.63, 3.8) is 0 Å². The molecule has 1 aromatic rings. The number of aryl methyl sites for hydroxylation is 1. The van der Waals surface area contributed by atoms with E-state index in [0.29, 0.717) is 0 Å². The van der Waals surface area contributed by atoms with E-state index in [0.717, 1.165) is 16.9 Å². The number of hydrogen-bond acceptors (Lipinski definition) is 3. The molecule has 0 saturated carbocycles. The van der Waals surface area contributed by atoms with E-state index >= 15 is 0 Å². The molecule has 1 heterocycles. The minimum Gasteiger partial charge on any atom is -0.497 e. The van der Waals surface area contributed by atoms with Gasteiger partial charge < -0.3 is 14.2 Å². The van der Waals surface area contributed by atoms with E-state index in [9.17, 15) is 0 Å². The standard InChI is InChI=1S/C11H12O3/c1-8-3-4-9(12-2)7-10(8)11-13-5-6-14-11/h3-7,11H,1-2H3. The fraction of sp³-hybridized carbons (Fsp3) is 0.273. The zero-order chi connectivity index (χ0) is 9.97. The van der Waals surface area contributed by atoms with Gasteiger partial charge in [0, 0.05) is 5.56 Å². The third-order valence-electron chi connectivity index (χ3n) is 2.20. The molecule has 0 spiro atoms. The second-order valence-corrected chi connectivity index (χ2v) is 3.10. The zero-order valence-corrected chi connectivity index (χ0v) is 8.19. The van der Waals surface area contributed by atoms with Crippen LogP contribution in [0, 0.1) is 6.92 Å². The second-order valence-electron chi connectivity index (χ2n) is 3.10. The summed E-state index contributed by atoms with van der Waals surface area (Å²) in [7, 11) is 1.64. The summed E-state index contributed by atoms with van der Waals surface area (Å²) in [6.45, 7) is 2.01. The lowest BCUT2D eigenvalue weighted by atomic mass is 10.1. The van der Waals surface area contributed by atoms with Gasteiger partial charge in [-0.25, -0.2) is 0 Å². The van der Waals surface area contributed by atoms with Gasteiger partial charge in [-0.1, -0.05) is 6.07 Å². The van der Waals surface area contributed by atoms with Crippen molar-refractivity contribution in [2.75, 3.05) is 7.11 Å². The smallest absolute Gasteiger partial charge is 0.266 e. The average Bonchev–Trinajstić information content (AvgIpc) is 2.71. The normalized spacial score (nSPS) is 15.0. The molecular weight excluding hydrogens is 180 g/mol. The first-order valence-electron chi connectivity index (χ1n) is 4.42. The monoisotopic (exact) mass is 192 g/mol. The SMILES string of the molecule is COc1ccc(C)c(C2OC=CO2)c1. The predicted octanol–water partition coefficient (Wildman–Crippen LogP) is 2.52. The molecule has 1 aromatic carbocycles. The minimum absolute atomic E-state index is 0.329. The van der Waals surface area contributed by atoms with Gasteiger partial charge in [0.15, 0.2) is 0 Å². The molecule has 0 fully saturated rings. The van der Waals surface area contributed by atoms with Crippen molar-refractivity contribution in [3.8, 4) is 5.75 Å². The van der Waals surface area contributed by atoms with Gasteiger partial charge in [-0.05, 0) is 24.6 Å². The van der Waals surface area contributed by atoms with Gasteiger partial charge in [-0.3, -0.25) is 0 Å². The number of methoxy groups -OCH3 is 1. The first-order chi connectivity index (χ1) is 6.81. The summed E-state index contributed by atoms with van der Waals surface area (Å²) in [5.74, 6) is 0.810. The van der Waals surface area contributed by atoms with Gasteiger partial charge in [0.2, 0.25) is 0 Å². The molecule has 0 aromatic heterocycles. The highest BCUT2D eigenvalue weighted by Gasteiger charge is 2.18. The summed E-state index contributed by atoms with van der Waals surface area (Å²) < 4.78 is 15.7. The quantitative estimate of drug-likeness (QED) is 0.720. The number of benzene rings is 1. The molecule has 2 rings (SSSR count). The van der Waals surface area contributed by atoms with Crippen LogP contribution < -0.4 is 4.74 Å². The van der Waals surface area contributed by atoms with Gasteiger partial charge in [-0.15, -0.1) is 0 Å². The minimum atomic E-state index is -0.329. The van der Waals surface area contributed by atoms with Crippen LogP contribution in [0.25, 0.3) is 0 Å². The lowest BCUT2D eigenvalue weighted by Gasteiger charge is -2.14. The van der Waals surface area contributed by atoms with Gasteiger partial charge in [-0.2, -0.15) is 0 Å². The molecule has 1 aliphatic rings. The number of hydrogen-bond donors (Lipinski definition) is 0. The third-order valence-corrected chi connectivity index (χ3v) is 2.20. The summed E-state index contributed by atoms with van der Waals surface area (Å²) >= 11 is 0. The Balaban J connectivity index is 2.30. The molecule has 14 heavy (non-hydrogen) atoms. The van der Waals surface area contributed by atoms with Crippen LogP contribution in [0.5, 0.6) is 5.75 Å². The molecule has 74 valence electrons. The van der Waals surface area contributed by atoms with E-state index in [1.807, 2.05) is 25.1 Å². The van der Waals surface area contributed by atoms with Crippen molar-refractivity contribution in [1.29, 1.82) is 0 Å². The van der Waals surface area contributed by atoms with Gasteiger partial charge >= 0.3 is 0 Å². The molecule has 3 nitrogen and oxygen atoms in total. The highest BCUT2D eigenvalue weighted by molar-refractivity contribution is 5.36. The Morgan fingerprint density at radius 3 is 2.57 bits per heavy atom. The first kappa shape index (κ1) is 8.94. The van der Waals surface area contributed by atoms with Crippen LogP contribution in [0.15, 0.2) is 30.7 Å². The molecule has 0 bridgehead atoms. The molecule has 0 unspecified atom stereocenters. The van der Waals surface area contributed by atoms with Crippen LogP contribution in [0.2, 0.25) is 0 Å². The number of ether oxygens (including phenoxy) is 3. The van der Waals surface area contributed by atoms with E-state index in [1.165, 1.54) is 0 Å². The Morgan fingerprint density at radius 1 is 1.21 bits per heavy atom. The zero-order valence-electron chi connectivity index (χ0n) is 8.19. The number of rotatable bonds is 2. The summed E-state index contributed by atoms with van der Waals surface area (Å²) in [5, 5.41) is 0. The fourth-order valence-corrected chi connectivity index (χ4v) is 1.39. The van der Waals surface area contributed by atoms with Crippen LogP contribution in [0.1, 0.15) is 17.4 Å². The second kappa shape index (κ2) is 3.62. The molecule has 0 saturated heterocycles. The molecule has 0 radical (unpaired) electrons. The molecule has 0 amide bonds. The van der Waals surface area contributed by atoms with E-state index < -0.39 is 0 Å². The third kappa shape index (κ3) is 1.53. The highest BCUT2D eigenvalue weighted by Crippen LogP contribution is 2.29. The Hall–Kier alpha value is -1.64. The Morgan fingerprint density at radius 2 is 1.93 bits per heavy atom. The van der Waals surface area contributed by atoms with Crippen LogP contribution >= 0.6 is 0 Å². The largest absolute Gasteiger partial charge is 0.497 e. The van der Waals surface area contributed by atoms with Crippen LogP contribution in [0.3, 0.4) is 0 Å². The Kier molecular flexibility index (Phi) is 2.31. The molecular formula is C11H12O3. The van der Waals surface area contributed by atoms with Gasteiger partial charge in [0.25, 0.3) is 6.29 Å². The molecule has 0 N–H and O–H groups in total. The van der Waals surface area contributed by atoms with Crippen molar-refractivity contribution in [2.45, 2.75) is 13.2 Å². The van der Waals surface area contributed by atoms with E-state index in [-0.39, 0.29) is 6.29 Å². The van der Waals surface area contributed by atoms with Crippen LogP contribution in [-0.2, 0) is 9.47 Å². The predicted molar refractivity (Wildman–Crippen MR) is 51.8 cm³/mol. The van der Waals surface area contributed by atoms with Crippen molar-refractivity contribution in [1.82, 2.24) is 0 Å².